The summed E-state index contributed by atoms with van der Waals surface area (Å²) in [7, 11) is 1.73. The second-order valence-corrected chi connectivity index (χ2v) is 4.56. The first-order valence-corrected chi connectivity index (χ1v) is 5.95. The number of nitrogens with one attached hydrogen (secondary N) is 1. The number of benzene rings is 1. The average molecular weight is 272 g/mol. The molecule has 0 aliphatic carbocycles. The van der Waals surface area contributed by atoms with Crippen LogP contribution in [0.1, 0.15) is 18.9 Å². The summed E-state index contributed by atoms with van der Waals surface area (Å²) in [6.07, 6.45) is 1.01. The lowest BCUT2D eigenvalue weighted by molar-refractivity contribution is 0.191. The zero-order chi connectivity index (χ0) is 11.3. The van der Waals surface area contributed by atoms with E-state index in [4.69, 9.17) is 4.74 Å². The zero-order valence-corrected chi connectivity index (χ0v) is 11.1. The fraction of sp³-hybridized carbons (Fsp3) is 0.500. The molecule has 0 aromatic heterocycles. The van der Waals surface area contributed by atoms with Crippen LogP contribution in [0.3, 0.4) is 0 Å². The number of hydrogen-bond acceptors (Lipinski definition) is 2. The van der Waals surface area contributed by atoms with Gasteiger partial charge >= 0.3 is 0 Å². The standard InChI is InChI=1S/C12H18BrNO/c1-9-5-4-6-11(12(9)13)14-10(2)7-8-15-3/h4-6,10,14H,7-8H2,1-3H3. The van der Waals surface area contributed by atoms with Gasteiger partial charge in [-0.05, 0) is 47.8 Å². The maximum atomic E-state index is 5.05. The summed E-state index contributed by atoms with van der Waals surface area (Å²) >= 11 is 3.58. The molecule has 15 heavy (non-hydrogen) atoms. The van der Waals surface area contributed by atoms with Crippen LogP contribution in [0.2, 0.25) is 0 Å². The van der Waals surface area contributed by atoms with Gasteiger partial charge in [0, 0.05) is 29.9 Å². The summed E-state index contributed by atoms with van der Waals surface area (Å²) in [6.45, 7) is 5.04. The Bertz CT molecular complexity index is 314. The predicted molar refractivity (Wildman–Crippen MR) is 68.5 cm³/mol. The average Bonchev–Trinajstić information content (AvgIpc) is 2.22. The van der Waals surface area contributed by atoms with Crippen molar-refractivity contribution in [3.8, 4) is 0 Å². The van der Waals surface area contributed by atoms with Gasteiger partial charge in [0.15, 0.2) is 0 Å². The molecular weight excluding hydrogens is 254 g/mol. The lowest BCUT2D eigenvalue weighted by atomic mass is 10.2. The first-order valence-electron chi connectivity index (χ1n) is 5.15. The SMILES string of the molecule is COCCC(C)Nc1cccc(C)c1Br. The van der Waals surface area contributed by atoms with Crippen LogP contribution in [-0.2, 0) is 4.74 Å². The molecule has 1 atom stereocenters. The summed E-state index contributed by atoms with van der Waals surface area (Å²) in [5.41, 5.74) is 2.40. The van der Waals surface area contributed by atoms with Crippen LogP contribution in [0, 0.1) is 6.92 Å². The topological polar surface area (TPSA) is 21.3 Å². The predicted octanol–water partition coefficient (Wildman–Crippen LogP) is 3.59. The van der Waals surface area contributed by atoms with E-state index >= 15 is 0 Å². The smallest absolute Gasteiger partial charge is 0.0489 e. The normalized spacial score (nSPS) is 12.5. The van der Waals surface area contributed by atoms with Crippen LogP contribution < -0.4 is 5.32 Å². The molecule has 0 bridgehead atoms. The molecule has 1 aromatic carbocycles. The molecule has 0 spiro atoms. The summed E-state index contributed by atoms with van der Waals surface area (Å²) < 4.78 is 6.20. The Kier molecular flexibility index (Phi) is 5.12. The highest BCUT2D eigenvalue weighted by Gasteiger charge is 2.05. The molecule has 1 N–H and O–H groups in total. The molecule has 0 fully saturated rings. The third kappa shape index (κ3) is 3.84. The van der Waals surface area contributed by atoms with E-state index in [9.17, 15) is 0 Å². The molecular formula is C12H18BrNO. The molecule has 0 aliphatic rings. The van der Waals surface area contributed by atoms with Gasteiger partial charge in [0.1, 0.15) is 0 Å². The summed E-state index contributed by atoms with van der Waals surface area (Å²) in [5.74, 6) is 0. The van der Waals surface area contributed by atoms with Crippen molar-refractivity contribution in [2.75, 3.05) is 19.0 Å². The van der Waals surface area contributed by atoms with Crippen LogP contribution in [0.4, 0.5) is 5.69 Å². The van der Waals surface area contributed by atoms with Gasteiger partial charge in [0.25, 0.3) is 0 Å². The van der Waals surface area contributed by atoms with E-state index in [0.29, 0.717) is 6.04 Å². The molecule has 0 aliphatic heterocycles. The van der Waals surface area contributed by atoms with Gasteiger partial charge in [-0.1, -0.05) is 12.1 Å². The van der Waals surface area contributed by atoms with Gasteiger partial charge in [-0.2, -0.15) is 0 Å². The van der Waals surface area contributed by atoms with Gasteiger partial charge in [-0.15, -0.1) is 0 Å². The second kappa shape index (κ2) is 6.13. The minimum Gasteiger partial charge on any atom is -0.385 e. The van der Waals surface area contributed by atoms with E-state index < -0.39 is 0 Å². The van der Waals surface area contributed by atoms with E-state index in [0.717, 1.165) is 23.2 Å². The molecule has 0 radical (unpaired) electrons. The quantitative estimate of drug-likeness (QED) is 0.884. The number of methoxy groups -OCH3 is 1. The Labute approximate surface area is 100 Å². The van der Waals surface area contributed by atoms with Crippen LogP contribution in [0.25, 0.3) is 0 Å². The van der Waals surface area contributed by atoms with Gasteiger partial charge in [-0.25, -0.2) is 0 Å². The lowest BCUT2D eigenvalue weighted by Crippen LogP contribution is -2.17. The van der Waals surface area contributed by atoms with Gasteiger partial charge < -0.3 is 10.1 Å². The highest BCUT2D eigenvalue weighted by molar-refractivity contribution is 9.10. The van der Waals surface area contributed by atoms with E-state index in [2.05, 4.69) is 53.3 Å². The number of anilines is 1. The Morgan fingerprint density at radius 3 is 2.87 bits per heavy atom. The maximum absolute atomic E-state index is 5.05. The molecule has 1 unspecified atom stereocenters. The number of halogens is 1. The van der Waals surface area contributed by atoms with Crippen molar-refractivity contribution in [2.24, 2.45) is 0 Å². The number of ether oxygens (including phenoxy) is 1. The first-order chi connectivity index (χ1) is 7.15. The molecule has 0 heterocycles. The fourth-order valence-corrected chi connectivity index (χ4v) is 1.77. The molecule has 0 saturated carbocycles. The van der Waals surface area contributed by atoms with Crippen molar-refractivity contribution in [1.82, 2.24) is 0 Å². The summed E-state index contributed by atoms with van der Waals surface area (Å²) in [6, 6.07) is 6.66. The first kappa shape index (κ1) is 12.5. The van der Waals surface area contributed by atoms with Crippen LogP contribution in [0.15, 0.2) is 22.7 Å². The van der Waals surface area contributed by atoms with Crippen LogP contribution >= 0.6 is 15.9 Å². The maximum Gasteiger partial charge on any atom is 0.0489 e. The van der Waals surface area contributed by atoms with E-state index in [1.54, 1.807) is 7.11 Å². The summed E-state index contributed by atoms with van der Waals surface area (Å²) in [5, 5.41) is 3.46. The minimum atomic E-state index is 0.419. The number of rotatable bonds is 5. The zero-order valence-electron chi connectivity index (χ0n) is 9.51. The van der Waals surface area contributed by atoms with Crippen LogP contribution in [-0.4, -0.2) is 19.8 Å². The van der Waals surface area contributed by atoms with Crippen molar-refractivity contribution in [3.05, 3.63) is 28.2 Å². The van der Waals surface area contributed by atoms with Crippen molar-refractivity contribution < 1.29 is 4.74 Å². The molecule has 0 saturated heterocycles. The van der Waals surface area contributed by atoms with Gasteiger partial charge in [-0.3, -0.25) is 0 Å². The third-order valence-corrected chi connectivity index (χ3v) is 3.40. The summed E-state index contributed by atoms with van der Waals surface area (Å²) in [4.78, 5) is 0. The monoisotopic (exact) mass is 271 g/mol. The van der Waals surface area contributed by atoms with Crippen LogP contribution in [0.5, 0.6) is 0 Å². The van der Waals surface area contributed by atoms with Crippen molar-refractivity contribution in [3.63, 3.8) is 0 Å². The number of hydrogen-bond donors (Lipinski definition) is 1. The van der Waals surface area contributed by atoms with Crippen molar-refractivity contribution in [2.45, 2.75) is 26.3 Å². The Hall–Kier alpha value is -0.540. The molecule has 84 valence electrons. The van der Waals surface area contributed by atoms with E-state index in [-0.39, 0.29) is 0 Å². The molecule has 3 heteroatoms. The second-order valence-electron chi connectivity index (χ2n) is 3.76. The molecule has 0 amide bonds. The minimum absolute atomic E-state index is 0.419. The Balaban J connectivity index is 2.60. The third-order valence-electron chi connectivity index (χ3n) is 2.35. The Morgan fingerprint density at radius 1 is 1.47 bits per heavy atom. The lowest BCUT2D eigenvalue weighted by Gasteiger charge is -2.16. The molecule has 1 aromatic rings. The van der Waals surface area contributed by atoms with E-state index in [1.807, 2.05) is 0 Å². The van der Waals surface area contributed by atoms with Crippen molar-refractivity contribution >= 4 is 21.6 Å². The molecule has 1 rings (SSSR count). The highest BCUT2D eigenvalue weighted by Crippen LogP contribution is 2.26. The molecule has 2 nitrogen and oxygen atoms in total. The van der Waals surface area contributed by atoms with E-state index in [1.165, 1.54) is 5.56 Å². The van der Waals surface area contributed by atoms with Crippen molar-refractivity contribution in [1.29, 1.82) is 0 Å². The number of aryl methyl sites for hydroxylation is 1. The largest absolute Gasteiger partial charge is 0.385 e. The Morgan fingerprint density at radius 2 is 2.20 bits per heavy atom. The van der Waals surface area contributed by atoms with Gasteiger partial charge in [0.05, 0.1) is 0 Å². The fourth-order valence-electron chi connectivity index (χ4n) is 1.39. The highest BCUT2D eigenvalue weighted by atomic mass is 79.9. The van der Waals surface area contributed by atoms with Gasteiger partial charge in [0.2, 0.25) is 0 Å².